The maximum absolute atomic E-state index is 13.5. The molecule has 34 heavy (non-hydrogen) atoms. The Balaban J connectivity index is 1.44. The first kappa shape index (κ1) is 23.3. The normalized spacial score (nSPS) is 17.9. The summed E-state index contributed by atoms with van der Waals surface area (Å²) in [7, 11) is -3.51. The number of nitrogens with zero attached hydrogens (tertiary/aromatic N) is 4. The van der Waals surface area contributed by atoms with Gasteiger partial charge in [-0.3, -0.25) is 4.79 Å². The van der Waals surface area contributed by atoms with Crippen molar-refractivity contribution in [1.82, 2.24) is 14.1 Å². The lowest BCUT2D eigenvalue weighted by Gasteiger charge is -2.35. The van der Waals surface area contributed by atoms with E-state index in [1.165, 1.54) is 20.3 Å². The van der Waals surface area contributed by atoms with Gasteiger partial charge in [0.2, 0.25) is 5.75 Å². The van der Waals surface area contributed by atoms with Crippen LogP contribution in [0, 0.1) is 0 Å². The SMILES string of the molecule is O=c1c(OC2CCCC2)c(N2CCN(S(=O)(=O)c3cccs3)CC2)cnn1-c1cccc(Cl)c1. The van der Waals surface area contributed by atoms with Gasteiger partial charge in [0.25, 0.3) is 10.0 Å². The molecule has 5 rings (SSSR count). The highest BCUT2D eigenvalue weighted by molar-refractivity contribution is 7.91. The standard InChI is InChI=1S/C23H25ClN4O4S2/c24-17-5-3-6-18(15-17)28-23(29)22(32-19-7-1-2-8-19)20(16-25-28)26-10-12-27(13-11-26)34(30,31)21-9-4-14-33-21/h3-6,9,14-16,19H,1-2,7-8,10-13H2. The number of ether oxygens (including phenoxy) is 1. The van der Waals surface area contributed by atoms with Gasteiger partial charge in [-0.2, -0.15) is 14.1 Å². The number of halogens is 1. The summed E-state index contributed by atoms with van der Waals surface area (Å²) in [6, 6.07) is 10.3. The van der Waals surface area contributed by atoms with E-state index in [0.29, 0.717) is 46.8 Å². The molecule has 0 amide bonds. The van der Waals surface area contributed by atoms with Crippen molar-refractivity contribution in [1.29, 1.82) is 0 Å². The van der Waals surface area contributed by atoms with Gasteiger partial charge in [0.1, 0.15) is 9.90 Å². The first-order chi connectivity index (χ1) is 16.4. The predicted octanol–water partition coefficient (Wildman–Crippen LogP) is 3.78. The molecule has 1 aliphatic heterocycles. The summed E-state index contributed by atoms with van der Waals surface area (Å²) in [5.41, 5.74) is 0.816. The molecule has 2 fully saturated rings. The van der Waals surface area contributed by atoms with E-state index in [0.717, 1.165) is 25.7 Å². The van der Waals surface area contributed by atoms with Crippen molar-refractivity contribution < 1.29 is 13.2 Å². The van der Waals surface area contributed by atoms with Crippen LogP contribution in [0.25, 0.3) is 5.69 Å². The van der Waals surface area contributed by atoms with Crippen LogP contribution in [0.5, 0.6) is 5.75 Å². The lowest BCUT2D eigenvalue weighted by Crippen LogP contribution is -2.49. The Morgan fingerprint density at radius 1 is 1.06 bits per heavy atom. The molecule has 0 spiro atoms. The molecule has 0 atom stereocenters. The second kappa shape index (κ2) is 9.69. The minimum absolute atomic E-state index is 0.0119. The zero-order chi connectivity index (χ0) is 23.7. The molecule has 1 aliphatic carbocycles. The zero-order valence-electron chi connectivity index (χ0n) is 18.5. The van der Waals surface area contributed by atoms with E-state index in [-0.39, 0.29) is 17.4 Å². The number of hydrogen-bond acceptors (Lipinski definition) is 7. The van der Waals surface area contributed by atoms with Crippen LogP contribution in [0.4, 0.5) is 5.69 Å². The van der Waals surface area contributed by atoms with Crippen LogP contribution in [0.2, 0.25) is 5.02 Å². The van der Waals surface area contributed by atoms with Gasteiger partial charge in [-0.15, -0.1) is 11.3 Å². The van der Waals surface area contributed by atoms with Gasteiger partial charge in [0, 0.05) is 31.2 Å². The van der Waals surface area contributed by atoms with Gasteiger partial charge in [-0.25, -0.2) is 8.42 Å². The number of sulfonamides is 1. The van der Waals surface area contributed by atoms with Crippen LogP contribution >= 0.6 is 22.9 Å². The molecule has 2 aromatic heterocycles. The number of aromatic nitrogens is 2. The fourth-order valence-electron chi connectivity index (χ4n) is 4.44. The number of anilines is 1. The maximum atomic E-state index is 13.5. The highest BCUT2D eigenvalue weighted by Gasteiger charge is 2.31. The topological polar surface area (TPSA) is 84.7 Å². The van der Waals surface area contributed by atoms with Crippen molar-refractivity contribution in [3.8, 4) is 11.4 Å². The molecular formula is C23H25ClN4O4S2. The minimum atomic E-state index is -3.51. The average molecular weight is 521 g/mol. The molecule has 1 saturated heterocycles. The molecule has 1 aromatic carbocycles. The quantitative estimate of drug-likeness (QED) is 0.492. The van der Waals surface area contributed by atoms with Crippen molar-refractivity contribution in [2.75, 3.05) is 31.1 Å². The van der Waals surface area contributed by atoms with Gasteiger partial charge in [-0.1, -0.05) is 23.7 Å². The Hall–Kier alpha value is -2.40. The largest absolute Gasteiger partial charge is 0.483 e. The molecular weight excluding hydrogens is 496 g/mol. The lowest BCUT2D eigenvalue weighted by atomic mass is 10.2. The second-order valence-electron chi connectivity index (χ2n) is 8.40. The van der Waals surface area contributed by atoms with Gasteiger partial charge >= 0.3 is 5.56 Å². The highest BCUT2D eigenvalue weighted by atomic mass is 35.5. The fourth-order valence-corrected chi connectivity index (χ4v) is 7.19. The van der Waals surface area contributed by atoms with Gasteiger partial charge < -0.3 is 9.64 Å². The maximum Gasteiger partial charge on any atom is 0.316 e. The number of piperazine rings is 1. The zero-order valence-corrected chi connectivity index (χ0v) is 20.9. The molecule has 180 valence electrons. The Morgan fingerprint density at radius 3 is 2.50 bits per heavy atom. The fraction of sp³-hybridized carbons (Fsp3) is 0.391. The summed E-state index contributed by atoms with van der Waals surface area (Å²) in [5, 5.41) is 6.67. The molecule has 0 radical (unpaired) electrons. The van der Waals surface area contributed by atoms with Crippen LogP contribution < -0.4 is 15.2 Å². The number of rotatable bonds is 6. The van der Waals surface area contributed by atoms with E-state index in [2.05, 4.69) is 5.10 Å². The number of benzene rings is 1. The first-order valence-electron chi connectivity index (χ1n) is 11.3. The molecule has 3 heterocycles. The smallest absolute Gasteiger partial charge is 0.316 e. The van der Waals surface area contributed by atoms with Crippen LogP contribution in [-0.4, -0.2) is 54.8 Å². The van der Waals surface area contributed by atoms with E-state index in [1.54, 1.807) is 48.0 Å². The molecule has 11 heteroatoms. The van der Waals surface area contributed by atoms with Crippen molar-refractivity contribution in [2.24, 2.45) is 0 Å². The van der Waals surface area contributed by atoms with E-state index < -0.39 is 10.0 Å². The Kier molecular flexibility index (Phi) is 6.65. The van der Waals surface area contributed by atoms with Gasteiger partial charge in [0.05, 0.1) is 18.0 Å². The number of hydrogen-bond donors (Lipinski definition) is 0. The van der Waals surface area contributed by atoms with Crippen LogP contribution in [-0.2, 0) is 10.0 Å². The predicted molar refractivity (Wildman–Crippen MR) is 133 cm³/mol. The van der Waals surface area contributed by atoms with Crippen molar-refractivity contribution in [2.45, 2.75) is 36.0 Å². The molecule has 0 bridgehead atoms. The molecule has 1 saturated carbocycles. The molecule has 3 aromatic rings. The van der Waals surface area contributed by atoms with Gasteiger partial charge in [0.15, 0.2) is 0 Å². The average Bonchev–Trinajstić information content (AvgIpc) is 3.55. The third-order valence-corrected chi connectivity index (χ3v) is 9.73. The summed E-state index contributed by atoms with van der Waals surface area (Å²) < 4.78 is 35.2. The monoisotopic (exact) mass is 520 g/mol. The van der Waals surface area contributed by atoms with E-state index in [4.69, 9.17) is 16.3 Å². The second-order valence-corrected chi connectivity index (χ2v) is 12.0. The minimum Gasteiger partial charge on any atom is -0.483 e. The van der Waals surface area contributed by atoms with Crippen molar-refractivity contribution in [3.05, 3.63) is 63.4 Å². The highest BCUT2D eigenvalue weighted by Crippen LogP contribution is 2.31. The summed E-state index contributed by atoms with van der Waals surface area (Å²) in [6.07, 6.45) is 5.59. The van der Waals surface area contributed by atoms with Crippen molar-refractivity contribution >= 4 is 38.6 Å². The Bertz CT molecular complexity index is 1310. The lowest BCUT2D eigenvalue weighted by molar-refractivity contribution is 0.205. The van der Waals surface area contributed by atoms with Gasteiger partial charge in [-0.05, 0) is 55.3 Å². The summed E-state index contributed by atoms with van der Waals surface area (Å²) in [6.45, 7) is 1.52. The number of thiophene rings is 1. The van der Waals surface area contributed by atoms with Crippen LogP contribution in [0.15, 0.2) is 57.0 Å². The van der Waals surface area contributed by atoms with E-state index >= 15 is 0 Å². The Labute approximate surface area is 207 Å². The molecule has 2 aliphatic rings. The summed E-state index contributed by atoms with van der Waals surface area (Å²) in [5.74, 6) is 0.261. The van der Waals surface area contributed by atoms with Crippen LogP contribution in [0.1, 0.15) is 25.7 Å². The van der Waals surface area contributed by atoms with E-state index in [1.807, 2.05) is 4.90 Å². The third-order valence-electron chi connectivity index (χ3n) is 6.22. The molecule has 8 nitrogen and oxygen atoms in total. The van der Waals surface area contributed by atoms with Crippen LogP contribution in [0.3, 0.4) is 0 Å². The molecule has 0 N–H and O–H groups in total. The summed E-state index contributed by atoms with van der Waals surface area (Å²) >= 11 is 7.35. The summed E-state index contributed by atoms with van der Waals surface area (Å²) in [4.78, 5) is 15.5. The molecule has 0 unspecified atom stereocenters. The first-order valence-corrected chi connectivity index (χ1v) is 14.0. The Morgan fingerprint density at radius 2 is 1.82 bits per heavy atom. The van der Waals surface area contributed by atoms with Crippen molar-refractivity contribution in [3.63, 3.8) is 0 Å². The van der Waals surface area contributed by atoms with E-state index in [9.17, 15) is 13.2 Å². The third kappa shape index (κ3) is 4.59.